The van der Waals surface area contributed by atoms with E-state index in [2.05, 4.69) is 122 Å². The number of carbonyl (C=O) groups excluding carboxylic acids is 26. The van der Waals surface area contributed by atoms with Gasteiger partial charge in [0.15, 0.2) is 0 Å². The van der Waals surface area contributed by atoms with Crippen LogP contribution in [0, 0.1) is 0 Å². The number of amides is 26. The largest absolute Gasteiger partial charge is 0.480 e. The average Bonchev–Trinajstić information content (AvgIpc) is 0.935. The highest BCUT2D eigenvalue weighted by Crippen LogP contribution is 1.91. The number of hydrogen-bond acceptors (Lipinski definition) is 33. The Morgan fingerprint density at radius 2 is 0.277 bits per heavy atom. The molecule has 0 bridgehead atoms. The molecular formula is C59H93N27O33. The monoisotopic (exact) mass is 1710 g/mol. The third-order valence-corrected chi connectivity index (χ3v) is 13.6. The van der Waals surface area contributed by atoms with Gasteiger partial charge in [0.1, 0.15) is 36.8 Å². The summed E-state index contributed by atoms with van der Waals surface area (Å²) in [6.07, 6.45) is 0. The minimum Gasteiger partial charge on any atom is -0.480 e. The quantitative estimate of drug-likeness (QED) is 0.0269. The van der Waals surface area contributed by atoms with Crippen molar-refractivity contribution >= 4 is 160 Å². The number of carbonyl (C=O) groups is 27. The lowest BCUT2D eigenvalue weighted by Crippen LogP contribution is -2.53. The maximum atomic E-state index is 12.6. The molecule has 5 atom stereocenters. The topological polar surface area (TPSA) is 921 Å². The van der Waals surface area contributed by atoms with Crippen LogP contribution in [0.25, 0.3) is 0 Å². The van der Waals surface area contributed by atoms with Crippen molar-refractivity contribution in [3.8, 4) is 0 Å². The molecule has 60 heteroatoms. The zero-order chi connectivity index (χ0) is 90.0. The van der Waals surface area contributed by atoms with Gasteiger partial charge < -0.3 is 175 Å². The molecule has 34 N–H and O–H groups in total. The van der Waals surface area contributed by atoms with Gasteiger partial charge in [-0.2, -0.15) is 0 Å². The second-order valence-corrected chi connectivity index (χ2v) is 23.1. The summed E-state index contributed by atoms with van der Waals surface area (Å²) in [5.74, 6) is -26.6. The molecule has 0 saturated heterocycles. The third kappa shape index (κ3) is 52.5. The molecule has 0 aliphatic carbocycles. The van der Waals surface area contributed by atoms with Crippen LogP contribution in [0.2, 0.25) is 0 Å². The van der Waals surface area contributed by atoms with Crippen molar-refractivity contribution in [3.05, 3.63) is 0 Å². The number of aliphatic carboxylic acids is 1. The van der Waals surface area contributed by atoms with E-state index < -0.39 is 367 Å². The number of aliphatic hydroxyl groups is 5. The molecule has 0 saturated carbocycles. The maximum absolute atomic E-state index is 12.6. The van der Waals surface area contributed by atoms with Crippen molar-refractivity contribution in [1.29, 1.82) is 0 Å². The van der Waals surface area contributed by atoms with E-state index in [0.717, 1.165) is 0 Å². The fourth-order valence-corrected chi connectivity index (χ4v) is 7.52. The zero-order valence-electron chi connectivity index (χ0n) is 62.8. The first-order valence-electron chi connectivity index (χ1n) is 34.4. The summed E-state index contributed by atoms with van der Waals surface area (Å²) in [4.78, 5) is 327. The first-order valence-corrected chi connectivity index (χ1v) is 34.4. The van der Waals surface area contributed by atoms with Gasteiger partial charge in [-0.15, -0.1) is 0 Å². The van der Waals surface area contributed by atoms with E-state index in [4.69, 9.17) is 10.8 Å². The van der Waals surface area contributed by atoms with Crippen LogP contribution in [0.3, 0.4) is 0 Å². The summed E-state index contributed by atoms with van der Waals surface area (Å²) in [6.45, 7) is -21.1. The average molecular weight is 1710 g/mol. The minimum atomic E-state index is -1.70. The molecule has 0 aliphatic heterocycles. The lowest BCUT2D eigenvalue weighted by molar-refractivity contribution is -0.138. The van der Waals surface area contributed by atoms with Crippen LogP contribution in [0.1, 0.15) is 0 Å². The predicted molar refractivity (Wildman–Crippen MR) is 385 cm³/mol. The normalized spacial score (nSPS) is 11.4. The third-order valence-electron chi connectivity index (χ3n) is 13.6. The van der Waals surface area contributed by atoms with Gasteiger partial charge in [-0.3, -0.25) is 129 Å². The molecular weight excluding hydrogens is 1610 g/mol. The van der Waals surface area contributed by atoms with Crippen LogP contribution in [0.4, 0.5) is 0 Å². The molecule has 0 fully saturated rings. The molecule has 119 heavy (non-hydrogen) atoms. The Labute approximate surface area is 669 Å². The van der Waals surface area contributed by atoms with Crippen LogP contribution < -0.4 is 144 Å². The molecule has 0 aliphatic rings. The highest BCUT2D eigenvalue weighted by molar-refractivity contribution is 6.00. The number of nitrogens with two attached hydrogens (primary N) is 1. The van der Waals surface area contributed by atoms with Crippen molar-refractivity contribution in [3.63, 3.8) is 0 Å². The van der Waals surface area contributed by atoms with Gasteiger partial charge in [-0.1, -0.05) is 0 Å². The Balaban J connectivity index is 4.48. The van der Waals surface area contributed by atoms with Crippen molar-refractivity contribution in [2.75, 3.05) is 177 Å². The Bertz CT molecular complexity index is 3680. The van der Waals surface area contributed by atoms with Crippen molar-refractivity contribution in [1.82, 2.24) is 138 Å². The summed E-state index contributed by atoms with van der Waals surface area (Å²) in [6, 6.07) is -8.21. The maximum Gasteiger partial charge on any atom is 0.322 e. The second-order valence-electron chi connectivity index (χ2n) is 23.1. The molecule has 0 aromatic carbocycles. The van der Waals surface area contributed by atoms with E-state index in [9.17, 15) is 155 Å². The van der Waals surface area contributed by atoms with Gasteiger partial charge >= 0.3 is 5.97 Å². The summed E-state index contributed by atoms with van der Waals surface area (Å²) in [5, 5.41) is 110. The van der Waals surface area contributed by atoms with Gasteiger partial charge in [-0.05, 0) is 0 Å². The predicted octanol–water partition coefficient (Wildman–Crippen LogP) is -27.1. The number of hydrogen-bond donors (Lipinski definition) is 33. The fourth-order valence-electron chi connectivity index (χ4n) is 7.52. The van der Waals surface area contributed by atoms with E-state index in [0.29, 0.717) is 0 Å². The number of rotatable bonds is 58. The van der Waals surface area contributed by atoms with Gasteiger partial charge in [-0.25, -0.2) is 0 Å². The van der Waals surface area contributed by atoms with Gasteiger partial charge in [0.25, 0.3) is 0 Å². The zero-order valence-corrected chi connectivity index (χ0v) is 62.8. The van der Waals surface area contributed by atoms with Gasteiger partial charge in [0, 0.05) is 0 Å². The standard InChI is InChI=1S/C59H93N27O33/c60-1-33(92)61-17-49(108)82-28(23-87)55(115)77-12-44(103)67-2-34(93)62-7-39(98)72-18-50(109)83-29(24-88)56(116)78-13-45(104)68-3-35(94)63-8-40(99)73-19-51(110)84-30(25-89)57(117)79-14-46(105)69-4-36(95)64-9-41(100)74-20-52(111)85-31(26-90)58(118)80-15-47(106)70-5-37(96)65-10-42(101)75-21-53(112)86-32(27-91)59(119)81-16-48(107)71-6-38(97)66-11-43(102)76-22-54(113)114/h28-32,87-91H,1-27,60H2,(H,61,92)(H,62,93)(H,63,94)(H,64,95)(H,65,96)(H,66,97)(H,67,103)(H,68,104)(H,69,105)(H,70,106)(H,71,107)(H,72,98)(H,73,99)(H,74,100)(H,75,101)(H,76,102)(H,77,115)(H,78,116)(H,79,117)(H,80,118)(H,81,119)(H,82,108)(H,83,109)(H,84,110)(H,85,111)(H,86,112)(H,113,114)/t28-,29-,30-,31-,32-/m0/s1. The number of carboxylic acids is 1. The van der Waals surface area contributed by atoms with Crippen LogP contribution in [0.5, 0.6) is 0 Å². The highest BCUT2D eigenvalue weighted by Gasteiger charge is 2.27. The highest BCUT2D eigenvalue weighted by atomic mass is 16.4. The molecule has 0 rings (SSSR count). The van der Waals surface area contributed by atoms with Crippen LogP contribution in [-0.2, 0) is 129 Å². The Morgan fingerprint density at radius 1 is 0.168 bits per heavy atom. The smallest absolute Gasteiger partial charge is 0.322 e. The molecule has 662 valence electrons. The first-order chi connectivity index (χ1) is 56.3. The lowest BCUT2D eigenvalue weighted by atomic mass is 10.3. The molecule has 0 heterocycles. The molecule has 0 radical (unpaired) electrons. The van der Waals surface area contributed by atoms with Gasteiger partial charge in [0.2, 0.25) is 154 Å². The number of nitrogens with one attached hydrogen (secondary N) is 26. The van der Waals surface area contributed by atoms with E-state index in [1.54, 1.807) is 0 Å². The molecule has 26 amide bonds. The molecule has 0 spiro atoms. The molecule has 60 nitrogen and oxygen atoms in total. The minimum absolute atomic E-state index is 0.408. The van der Waals surface area contributed by atoms with Crippen molar-refractivity contribution in [2.45, 2.75) is 30.2 Å². The SMILES string of the molecule is NCC(=O)NCC(=O)N[C@@H](CO)C(=O)NCC(=O)NCC(=O)NCC(=O)NCC(=O)N[C@@H](CO)C(=O)NCC(=O)NCC(=O)NCC(=O)NCC(=O)N[C@@H](CO)C(=O)NCC(=O)NCC(=O)NCC(=O)NCC(=O)N[C@@H](CO)C(=O)NCC(=O)NCC(=O)NCC(=O)NCC(=O)N[C@@H](CO)C(=O)NCC(=O)NCC(=O)NCC(=O)NCC(=O)O. The fraction of sp³-hybridized carbons (Fsp3) is 0.542. The summed E-state index contributed by atoms with van der Waals surface area (Å²) >= 11 is 0. The Kier molecular flexibility index (Phi) is 52.7. The van der Waals surface area contributed by atoms with Gasteiger partial charge in [0.05, 0.1) is 170 Å². The van der Waals surface area contributed by atoms with Crippen molar-refractivity contribution < 1.29 is 160 Å². The van der Waals surface area contributed by atoms with E-state index in [1.165, 1.54) is 0 Å². The van der Waals surface area contributed by atoms with Crippen LogP contribution in [0.15, 0.2) is 0 Å². The Morgan fingerprint density at radius 3 is 0.395 bits per heavy atom. The summed E-state index contributed by atoms with van der Waals surface area (Å²) < 4.78 is 0. The van der Waals surface area contributed by atoms with E-state index in [-0.39, 0.29) is 0 Å². The Hall–Kier alpha value is -14.5. The first kappa shape index (κ1) is 104. The van der Waals surface area contributed by atoms with Crippen LogP contribution in [-0.4, -0.2) is 397 Å². The van der Waals surface area contributed by atoms with E-state index >= 15 is 0 Å². The van der Waals surface area contributed by atoms with E-state index in [1.807, 2.05) is 16.0 Å². The molecule has 0 unspecified atom stereocenters. The molecule has 0 aromatic rings. The summed E-state index contributed by atoms with van der Waals surface area (Å²) in [5.41, 5.74) is 5.10. The second kappa shape index (κ2) is 60.1. The lowest BCUT2D eigenvalue weighted by Gasteiger charge is -2.17. The van der Waals surface area contributed by atoms with Crippen molar-refractivity contribution in [2.24, 2.45) is 5.73 Å². The molecule has 0 aromatic heterocycles. The summed E-state index contributed by atoms with van der Waals surface area (Å²) in [7, 11) is 0. The number of aliphatic hydroxyl groups excluding tert-OH is 5. The van der Waals surface area contributed by atoms with Crippen LogP contribution >= 0.6 is 0 Å². The number of carboxylic acid groups (broad SMARTS) is 1.